The minimum Gasteiger partial charge on any atom is -0.466 e. The van der Waals surface area contributed by atoms with Gasteiger partial charge in [0, 0.05) is 19.3 Å². The summed E-state index contributed by atoms with van der Waals surface area (Å²) in [4.78, 5) is 22.2. The van der Waals surface area contributed by atoms with Crippen molar-refractivity contribution in [1.82, 2.24) is 0 Å². The van der Waals surface area contributed by atoms with E-state index in [9.17, 15) is 9.59 Å². The van der Waals surface area contributed by atoms with Gasteiger partial charge in [0.2, 0.25) is 0 Å². The topological polar surface area (TPSA) is 43.4 Å². The summed E-state index contributed by atoms with van der Waals surface area (Å²) in [6.45, 7) is 4.30. The Hall–Kier alpha value is -0.860. The van der Waals surface area contributed by atoms with Gasteiger partial charge in [0.25, 0.3) is 0 Å². The molecule has 0 rings (SSSR count). The van der Waals surface area contributed by atoms with Gasteiger partial charge >= 0.3 is 5.97 Å². The molecule has 3 heteroatoms. The highest BCUT2D eigenvalue weighted by Crippen LogP contribution is 2.08. The van der Waals surface area contributed by atoms with Crippen molar-refractivity contribution >= 4 is 11.8 Å². The first-order chi connectivity index (χ1) is 7.70. The lowest BCUT2D eigenvalue weighted by molar-refractivity contribution is -0.143. The Morgan fingerprint density at radius 1 is 0.875 bits per heavy atom. The first kappa shape index (κ1) is 15.1. The molecule has 0 atom stereocenters. The smallest absolute Gasteiger partial charge is 0.305 e. The van der Waals surface area contributed by atoms with Crippen LogP contribution in [0, 0.1) is 0 Å². The van der Waals surface area contributed by atoms with E-state index < -0.39 is 0 Å². The standard InChI is InChI=1S/C13H24O3/c1-3-9-12(14)10-7-5-6-8-11-13(15)16-4-2/h3-11H2,1-2H3. The minimum absolute atomic E-state index is 0.107. The van der Waals surface area contributed by atoms with Gasteiger partial charge in [0.1, 0.15) is 5.78 Å². The molecule has 0 aromatic rings. The van der Waals surface area contributed by atoms with Crippen LogP contribution in [-0.2, 0) is 14.3 Å². The molecule has 0 aliphatic carbocycles. The number of carbonyl (C=O) groups is 2. The van der Waals surface area contributed by atoms with Gasteiger partial charge in [-0.15, -0.1) is 0 Å². The van der Waals surface area contributed by atoms with Crippen molar-refractivity contribution in [2.75, 3.05) is 6.61 Å². The van der Waals surface area contributed by atoms with Crippen LogP contribution < -0.4 is 0 Å². The van der Waals surface area contributed by atoms with Gasteiger partial charge in [-0.05, 0) is 26.2 Å². The molecule has 0 aromatic heterocycles. The van der Waals surface area contributed by atoms with Crippen molar-refractivity contribution in [3.8, 4) is 0 Å². The Bertz CT molecular complexity index is 177. The number of hydrogen-bond acceptors (Lipinski definition) is 3. The number of hydrogen-bond donors (Lipinski definition) is 0. The molecule has 0 saturated heterocycles. The summed E-state index contributed by atoms with van der Waals surface area (Å²) in [5.74, 6) is 0.262. The summed E-state index contributed by atoms with van der Waals surface area (Å²) in [6.07, 6.45) is 6.75. The van der Waals surface area contributed by atoms with Crippen molar-refractivity contribution in [1.29, 1.82) is 0 Å². The molecule has 94 valence electrons. The van der Waals surface area contributed by atoms with Crippen LogP contribution in [0.1, 0.15) is 65.2 Å². The molecule has 0 aromatic carbocycles. The molecule has 16 heavy (non-hydrogen) atoms. The van der Waals surface area contributed by atoms with E-state index in [1.165, 1.54) is 0 Å². The van der Waals surface area contributed by atoms with E-state index in [2.05, 4.69) is 0 Å². The van der Waals surface area contributed by atoms with Crippen molar-refractivity contribution < 1.29 is 14.3 Å². The fourth-order valence-corrected chi connectivity index (χ4v) is 1.58. The predicted octanol–water partition coefficient (Wildman–Crippen LogP) is 3.26. The fraction of sp³-hybridized carbons (Fsp3) is 0.846. The van der Waals surface area contributed by atoms with Crippen LogP contribution >= 0.6 is 0 Å². The third-order valence-corrected chi connectivity index (χ3v) is 2.42. The van der Waals surface area contributed by atoms with E-state index in [4.69, 9.17) is 4.74 Å². The van der Waals surface area contributed by atoms with E-state index >= 15 is 0 Å². The van der Waals surface area contributed by atoms with Crippen molar-refractivity contribution in [3.63, 3.8) is 0 Å². The van der Waals surface area contributed by atoms with Crippen LogP contribution in [0.15, 0.2) is 0 Å². The van der Waals surface area contributed by atoms with Crippen LogP contribution in [0.2, 0.25) is 0 Å². The number of Topliss-reactive ketones (excluding diaryl/α,β-unsaturated/α-hetero) is 1. The molecule has 0 aliphatic rings. The highest BCUT2D eigenvalue weighted by atomic mass is 16.5. The maximum absolute atomic E-state index is 11.2. The Kier molecular flexibility index (Phi) is 10.1. The minimum atomic E-state index is -0.107. The molecule has 0 fully saturated rings. The van der Waals surface area contributed by atoms with Gasteiger partial charge in [-0.25, -0.2) is 0 Å². The van der Waals surface area contributed by atoms with Gasteiger partial charge < -0.3 is 4.74 Å². The SMILES string of the molecule is CCCC(=O)CCCCCCC(=O)OCC. The Labute approximate surface area is 98.6 Å². The Morgan fingerprint density at radius 3 is 2.06 bits per heavy atom. The molecule has 0 spiro atoms. The molecule has 0 radical (unpaired) electrons. The zero-order valence-electron chi connectivity index (χ0n) is 10.6. The maximum atomic E-state index is 11.2. The number of carbonyl (C=O) groups excluding carboxylic acids is 2. The van der Waals surface area contributed by atoms with Crippen molar-refractivity contribution in [2.24, 2.45) is 0 Å². The Morgan fingerprint density at radius 2 is 1.50 bits per heavy atom. The maximum Gasteiger partial charge on any atom is 0.305 e. The number of ether oxygens (including phenoxy) is 1. The van der Waals surface area contributed by atoms with Gasteiger partial charge in [-0.3, -0.25) is 9.59 Å². The second-order valence-corrected chi connectivity index (χ2v) is 4.01. The molecule has 0 heterocycles. The quantitative estimate of drug-likeness (QED) is 0.426. The normalized spacial score (nSPS) is 10.1. The van der Waals surface area contributed by atoms with E-state index in [1.807, 2.05) is 13.8 Å². The monoisotopic (exact) mass is 228 g/mol. The number of rotatable bonds is 10. The number of ketones is 1. The lowest BCUT2D eigenvalue weighted by Crippen LogP contribution is -2.03. The lowest BCUT2D eigenvalue weighted by Gasteiger charge is -2.02. The largest absolute Gasteiger partial charge is 0.466 e. The summed E-state index contributed by atoms with van der Waals surface area (Å²) in [6, 6.07) is 0. The van der Waals surface area contributed by atoms with E-state index in [0.717, 1.165) is 32.1 Å². The first-order valence-electron chi connectivity index (χ1n) is 6.38. The molecule has 0 saturated carbocycles. The summed E-state index contributed by atoms with van der Waals surface area (Å²) in [7, 11) is 0. The van der Waals surface area contributed by atoms with Crippen molar-refractivity contribution in [3.05, 3.63) is 0 Å². The fourth-order valence-electron chi connectivity index (χ4n) is 1.58. The van der Waals surface area contributed by atoms with Gasteiger partial charge in [0.05, 0.1) is 6.61 Å². The van der Waals surface area contributed by atoms with E-state index in [-0.39, 0.29) is 5.97 Å². The van der Waals surface area contributed by atoms with Crippen LogP contribution in [0.5, 0.6) is 0 Å². The van der Waals surface area contributed by atoms with Crippen LogP contribution in [0.3, 0.4) is 0 Å². The summed E-state index contributed by atoms with van der Waals surface area (Å²) >= 11 is 0. The molecular formula is C13H24O3. The molecule has 0 unspecified atom stereocenters. The summed E-state index contributed by atoms with van der Waals surface area (Å²) in [5.41, 5.74) is 0. The van der Waals surface area contributed by atoms with Crippen LogP contribution in [0.4, 0.5) is 0 Å². The molecule has 0 aliphatic heterocycles. The highest BCUT2D eigenvalue weighted by molar-refractivity contribution is 5.78. The zero-order chi connectivity index (χ0) is 12.2. The highest BCUT2D eigenvalue weighted by Gasteiger charge is 2.02. The summed E-state index contributed by atoms with van der Waals surface area (Å²) in [5, 5.41) is 0. The average molecular weight is 228 g/mol. The third kappa shape index (κ3) is 9.69. The first-order valence-corrected chi connectivity index (χ1v) is 6.38. The van der Waals surface area contributed by atoms with E-state index in [1.54, 1.807) is 0 Å². The third-order valence-electron chi connectivity index (χ3n) is 2.42. The number of esters is 1. The second kappa shape index (κ2) is 10.7. The molecule has 0 N–H and O–H groups in total. The lowest BCUT2D eigenvalue weighted by atomic mass is 10.1. The zero-order valence-corrected chi connectivity index (χ0v) is 10.6. The average Bonchev–Trinajstić information content (AvgIpc) is 2.24. The molecule has 0 bridgehead atoms. The summed E-state index contributed by atoms with van der Waals surface area (Å²) < 4.78 is 4.83. The Balaban J connectivity index is 3.21. The van der Waals surface area contributed by atoms with Gasteiger partial charge in [-0.2, -0.15) is 0 Å². The van der Waals surface area contributed by atoms with Crippen LogP contribution in [-0.4, -0.2) is 18.4 Å². The molecule has 0 amide bonds. The van der Waals surface area contributed by atoms with Crippen molar-refractivity contribution in [2.45, 2.75) is 65.2 Å². The number of unbranched alkanes of at least 4 members (excludes halogenated alkanes) is 3. The molecular weight excluding hydrogens is 204 g/mol. The van der Waals surface area contributed by atoms with Gasteiger partial charge in [-0.1, -0.05) is 19.8 Å². The van der Waals surface area contributed by atoms with Crippen LogP contribution in [0.25, 0.3) is 0 Å². The second-order valence-electron chi connectivity index (χ2n) is 4.01. The van der Waals surface area contributed by atoms with Gasteiger partial charge in [0.15, 0.2) is 0 Å². The predicted molar refractivity (Wildman–Crippen MR) is 64.3 cm³/mol. The van der Waals surface area contributed by atoms with E-state index in [0.29, 0.717) is 31.7 Å². The molecule has 3 nitrogen and oxygen atoms in total.